The van der Waals surface area contributed by atoms with E-state index in [2.05, 4.69) is 10.6 Å². The minimum atomic E-state index is -0.388. The van der Waals surface area contributed by atoms with E-state index < -0.39 is 0 Å². The van der Waals surface area contributed by atoms with Gasteiger partial charge in [-0.15, -0.1) is 0 Å². The standard InChI is InChI=1S/C16H13N3O2S/c20-19(21)15-9-5-4-8-12(15)14-10-13(17-16(22)18-14)11-6-2-1-3-7-11/h1-10,13H,(H2,17,18,22). The second-order valence-electron chi connectivity index (χ2n) is 4.84. The predicted molar refractivity (Wildman–Crippen MR) is 89.1 cm³/mol. The Morgan fingerprint density at radius 3 is 2.45 bits per heavy atom. The fourth-order valence-corrected chi connectivity index (χ4v) is 2.64. The van der Waals surface area contributed by atoms with Gasteiger partial charge in [-0.25, -0.2) is 0 Å². The van der Waals surface area contributed by atoms with Crippen molar-refractivity contribution in [2.24, 2.45) is 0 Å². The molecule has 22 heavy (non-hydrogen) atoms. The Hall–Kier alpha value is -2.73. The molecule has 0 fully saturated rings. The molecule has 3 rings (SSSR count). The van der Waals surface area contributed by atoms with Crippen LogP contribution in [0.4, 0.5) is 5.69 Å². The van der Waals surface area contributed by atoms with E-state index in [9.17, 15) is 10.1 Å². The molecule has 2 N–H and O–H groups in total. The molecule has 1 heterocycles. The molecule has 5 nitrogen and oxygen atoms in total. The maximum Gasteiger partial charge on any atom is 0.278 e. The van der Waals surface area contributed by atoms with E-state index in [1.807, 2.05) is 36.4 Å². The maximum absolute atomic E-state index is 11.2. The number of nitrogens with one attached hydrogen (secondary N) is 2. The Labute approximate surface area is 132 Å². The van der Waals surface area contributed by atoms with E-state index in [0.29, 0.717) is 16.4 Å². The van der Waals surface area contributed by atoms with Crippen molar-refractivity contribution in [1.29, 1.82) is 0 Å². The summed E-state index contributed by atoms with van der Waals surface area (Å²) < 4.78 is 0. The van der Waals surface area contributed by atoms with Crippen LogP contribution in [0.1, 0.15) is 17.2 Å². The molecule has 0 saturated carbocycles. The molecule has 1 unspecified atom stereocenters. The highest BCUT2D eigenvalue weighted by Crippen LogP contribution is 2.28. The van der Waals surface area contributed by atoms with Crippen molar-refractivity contribution >= 4 is 28.7 Å². The van der Waals surface area contributed by atoms with Crippen LogP contribution in [0.2, 0.25) is 0 Å². The van der Waals surface area contributed by atoms with E-state index in [4.69, 9.17) is 12.2 Å². The van der Waals surface area contributed by atoms with E-state index in [-0.39, 0.29) is 16.7 Å². The molecule has 0 aromatic heterocycles. The topological polar surface area (TPSA) is 67.2 Å². The SMILES string of the molecule is O=[N+]([O-])c1ccccc1C1=CC(c2ccccc2)NC(=S)N1. The van der Waals surface area contributed by atoms with Crippen molar-refractivity contribution in [2.45, 2.75) is 6.04 Å². The van der Waals surface area contributed by atoms with Gasteiger partial charge >= 0.3 is 0 Å². The number of nitrogens with zero attached hydrogens (tertiary/aromatic N) is 1. The Morgan fingerprint density at radius 1 is 1.05 bits per heavy atom. The quantitative estimate of drug-likeness (QED) is 0.518. The number of hydrogen-bond acceptors (Lipinski definition) is 3. The van der Waals surface area contributed by atoms with Crippen molar-refractivity contribution in [3.8, 4) is 0 Å². The van der Waals surface area contributed by atoms with Crippen LogP contribution >= 0.6 is 12.2 Å². The zero-order chi connectivity index (χ0) is 15.5. The first kappa shape index (κ1) is 14.2. The summed E-state index contributed by atoms with van der Waals surface area (Å²) >= 11 is 5.24. The van der Waals surface area contributed by atoms with Gasteiger partial charge < -0.3 is 10.6 Å². The molecular weight excluding hydrogens is 298 g/mol. The van der Waals surface area contributed by atoms with Crippen molar-refractivity contribution < 1.29 is 4.92 Å². The Balaban J connectivity index is 2.05. The van der Waals surface area contributed by atoms with Crippen LogP contribution in [-0.4, -0.2) is 10.0 Å². The smallest absolute Gasteiger partial charge is 0.278 e. The maximum atomic E-state index is 11.2. The number of thiocarbonyl (C=S) groups is 1. The van der Waals surface area contributed by atoms with Gasteiger partial charge in [-0.3, -0.25) is 10.1 Å². The number of hydrogen-bond donors (Lipinski definition) is 2. The lowest BCUT2D eigenvalue weighted by atomic mass is 10.0. The fraction of sp³-hybridized carbons (Fsp3) is 0.0625. The molecule has 110 valence electrons. The predicted octanol–water partition coefficient (Wildman–Crippen LogP) is 3.15. The summed E-state index contributed by atoms with van der Waals surface area (Å²) in [6.07, 6.45) is 1.91. The molecule has 1 aliphatic rings. The molecule has 0 saturated heterocycles. The van der Waals surface area contributed by atoms with Crippen LogP contribution in [0.15, 0.2) is 60.7 Å². The summed E-state index contributed by atoms with van der Waals surface area (Å²) in [4.78, 5) is 10.8. The van der Waals surface area contributed by atoms with Gasteiger partial charge in [0.2, 0.25) is 0 Å². The molecule has 1 atom stereocenters. The third-order valence-corrected chi connectivity index (χ3v) is 3.64. The monoisotopic (exact) mass is 311 g/mol. The lowest BCUT2D eigenvalue weighted by Crippen LogP contribution is -2.40. The number of nitro benzene ring substituents is 1. The highest BCUT2D eigenvalue weighted by atomic mass is 32.1. The minimum Gasteiger partial charge on any atom is -0.352 e. The third kappa shape index (κ3) is 2.82. The first-order chi connectivity index (χ1) is 10.6. The van der Waals surface area contributed by atoms with Crippen molar-refractivity contribution in [1.82, 2.24) is 10.6 Å². The summed E-state index contributed by atoms with van der Waals surface area (Å²) in [6.45, 7) is 0. The van der Waals surface area contributed by atoms with Crippen molar-refractivity contribution in [3.63, 3.8) is 0 Å². The largest absolute Gasteiger partial charge is 0.352 e. The summed E-state index contributed by atoms with van der Waals surface area (Å²) in [6, 6.07) is 16.3. The van der Waals surface area contributed by atoms with Crippen LogP contribution in [0.25, 0.3) is 5.70 Å². The van der Waals surface area contributed by atoms with Gasteiger partial charge in [0.15, 0.2) is 5.11 Å². The Morgan fingerprint density at radius 2 is 1.73 bits per heavy atom. The highest BCUT2D eigenvalue weighted by Gasteiger charge is 2.23. The van der Waals surface area contributed by atoms with E-state index >= 15 is 0 Å². The lowest BCUT2D eigenvalue weighted by Gasteiger charge is -2.26. The zero-order valence-electron chi connectivity index (χ0n) is 11.5. The van der Waals surface area contributed by atoms with E-state index in [1.165, 1.54) is 6.07 Å². The first-order valence-electron chi connectivity index (χ1n) is 6.73. The number of benzene rings is 2. The van der Waals surface area contributed by atoms with Crippen LogP contribution in [0.5, 0.6) is 0 Å². The minimum absolute atomic E-state index is 0.0535. The second-order valence-corrected chi connectivity index (χ2v) is 5.25. The van der Waals surface area contributed by atoms with Gasteiger partial charge in [0.25, 0.3) is 5.69 Å². The Kier molecular flexibility index (Phi) is 3.84. The van der Waals surface area contributed by atoms with Gasteiger partial charge in [-0.2, -0.15) is 0 Å². The van der Waals surface area contributed by atoms with Gasteiger partial charge in [0.1, 0.15) is 0 Å². The van der Waals surface area contributed by atoms with Gasteiger partial charge in [0.05, 0.1) is 22.2 Å². The summed E-state index contributed by atoms with van der Waals surface area (Å²) in [7, 11) is 0. The molecule has 0 spiro atoms. The lowest BCUT2D eigenvalue weighted by molar-refractivity contribution is -0.385. The molecule has 0 radical (unpaired) electrons. The van der Waals surface area contributed by atoms with Crippen LogP contribution in [-0.2, 0) is 0 Å². The van der Waals surface area contributed by atoms with Crippen molar-refractivity contribution in [2.75, 3.05) is 0 Å². The molecule has 0 aliphatic carbocycles. The summed E-state index contributed by atoms with van der Waals surface area (Å²) in [5.74, 6) is 0. The molecule has 1 aliphatic heterocycles. The fourth-order valence-electron chi connectivity index (χ4n) is 2.41. The van der Waals surface area contributed by atoms with Crippen LogP contribution < -0.4 is 10.6 Å². The van der Waals surface area contributed by atoms with Gasteiger partial charge in [-0.05, 0) is 29.9 Å². The average Bonchev–Trinajstić information content (AvgIpc) is 2.55. The van der Waals surface area contributed by atoms with Crippen molar-refractivity contribution in [3.05, 3.63) is 81.9 Å². The highest BCUT2D eigenvalue weighted by molar-refractivity contribution is 7.80. The molecule has 2 aromatic carbocycles. The summed E-state index contributed by atoms with van der Waals surface area (Å²) in [5.41, 5.74) is 2.27. The van der Waals surface area contributed by atoms with Gasteiger partial charge in [0, 0.05) is 6.07 Å². The third-order valence-electron chi connectivity index (χ3n) is 3.42. The van der Waals surface area contributed by atoms with Crippen LogP contribution in [0, 0.1) is 10.1 Å². The summed E-state index contributed by atoms with van der Waals surface area (Å²) in [5, 5.41) is 17.8. The Bertz CT molecular complexity index is 759. The first-order valence-corrected chi connectivity index (χ1v) is 7.14. The van der Waals surface area contributed by atoms with Gasteiger partial charge in [-0.1, -0.05) is 42.5 Å². The molecule has 0 amide bonds. The zero-order valence-corrected chi connectivity index (χ0v) is 12.3. The molecule has 0 bridgehead atoms. The molecule has 2 aromatic rings. The molecule has 6 heteroatoms. The van der Waals surface area contributed by atoms with E-state index in [1.54, 1.807) is 18.2 Å². The number of rotatable bonds is 3. The number of nitro groups is 1. The van der Waals surface area contributed by atoms with E-state index in [0.717, 1.165) is 5.56 Å². The number of para-hydroxylation sites is 1. The van der Waals surface area contributed by atoms with Crippen LogP contribution in [0.3, 0.4) is 0 Å². The normalized spacial score (nSPS) is 17.2. The average molecular weight is 311 g/mol. The molecular formula is C16H13N3O2S. The second kappa shape index (κ2) is 5.95.